The fourth-order valence-electron chi connectivity index (χ4n) is 2.22. The molecule has 0 atom stereocenters. The molecule has 0 saturated carbocycles. The number of sulfonamides is 1. The average molecular weight is 411 g/mol. The first-order chi connectivity index (χ1) is 12.2. The Bertz CT molecular complexity index is 1060. The van der Waals surface area contributed by atoms with Crippen molar-refractivity contribution in [2.45, 2.75) is 27.7 Å². The van der Waals surface area contributed by atoms with Gasteiger partial charge in [-0.1, -0.05) is 6.07 Å². The summed E-state index contributed by atoms with van der Waals surface area (Å²) in [6.07, 6.45) is 1.57. The highest BCUT2D eigenvalue weighted by molar-refractivity contribution is 8.01. The minimum absolute atomic E-state index is 0.0723. The van der Waals surface area contributed by atoms with Crippen LogP contribution in [0, 0.1) is 5.82 Å². The minimum Gasteiger partial charge on any atom is -0.272 e. The second-order valence-corrected chi connectivity index (χ2v) is 10.5. The summed E-state index contributed by atoms with van der Waals surface area (Å²) in [7, 11) is -3.91. The lowest BCUT2D eigenvalue weighted by Crippen LogP contribution is -2.42. The molecule has 5 nitrogen and oxygen atoms in total. The molecule has 0 bridgehead atoms. The first-order valence-corrected chi connectivity index (χ1v) is 10.7. The molecular formula is C17H15FN2O3S3. The van der Waals surface area contributed by atoms with E-state index in [-0.39, 0.29) is 4.21 Å². The number of amides is 1. The van der Waals surface area contributed by atoms with Crippen molar-refractivity contribution in [2.24, 2.45) is 0 Å². The Balaban J connectivity index is 1.87. The second-order valence-electron chi connectivity index (χ2n) is 5.95. The summed E-state index contributed by atoms with van der Waals surface area (Å²) in [6.45, 7) is 3.23. The fraction of sp³-hybridized carbons (Fsp3) is 0.176. The van der Waals surface area contributed by atoms with Gasteiger partial charge in [-0.05, 0) is 49.6 Å². The Morgan fingerprint density at radius 1 is 1.27 bits per heavy atom. The van der Waals surface area contributed by atoms with Gasteiger partial charge in [0.15, 0.2) is 0 Å². The van der Waals surface area contributed by atoms with Crippen molar-refractivity contribution in [3.8, 4) is 0 Å². The van der Waals surface area contributed by atoms with Crippen molar-refractivity contribution < 1.29 is 17.6 Å². The Kier molecular flexibility index (Phi) is 5.05. The predicted octanol–water partition coefficient (Wildman–Crippen LogP) is 3.81. The molecule has 1 N–H and O–H groups in total. The number of aromatic nitrogens is 1. The quantitative estimate of drug-likeness (QED) is 0.647. The van der Waals surface area contributed by atoms with E-state index in [1.165, 1.54) is 18.2 Å². The van der Waals surface area contributed by atoms with Crippen LogP contribution in [0.15, 0.2) is 57.1 Å². The van der Waals surface area contributed by atoms with Crippen LogP contribution in [0.4, 0.5) is 4.39 Å². The van der Waals surface area contributed by atoms with Gasteiger partial charge in [0.1, 0.15) is 10.0 Å². The molecule has 136 valence electrons. The SMILES string of the molecule is CC(C)(Sc1ccnc2ccc(F)cc12)C(=O)NS(=O)(=O)c1cccs1. The zero-order valence-electron chi connectivity index (χ0n) is 13.9. The van der Waals surface area contributed by atoms with Gasteiger partial charge < -0.3 is 0 Å². The highest BCUT2D eigenvalue weighted by Gasteiger charge is 2.33. The van der Waals surface area contributed by atoms with Gasteiger partial charge in [0.25, 0.3) is 10.0 Å². The van der Waals surface area contributed by atoms with Gasteiger partial charge in [-0.25, -0.2) is 17.5 Å². The van der Waals surface area contributed by atoms with Crippen molar-refractivity contribution >= 4 is 49.9 Å². The molecule has 0 fully saturated rings. The van der Waals surface area contributed by atoms with E-state index in [1.54, 1.807) is 43.6 Å². The largest absolute Gasteiger partial charge is 0.273 e. The Morgan fingerprint density at radius 2 is 2.04 bits per heavy atom. The Labute approximate surface area is 158 Å². The smallest absolute Gasteiger partial charge is 0.272 e. The van der Waals surface area contributed by atoms with Crippen LogP contribution in [0.5, 0.6) is 0 Å². The van der Waals surface area contributed by atoms with Crippen LogP contribution in [0.1, 0.15) is 13.8 Å². The molecule has 26 heavy (non-hydrogen) atoms. The van der Waals surface area contributed by atoms with Crippen molar-refractivity contribution in [2.75, 3.05) is 0 Å². The van der Waals surface area contributed by atoms with Gasteiger partial charge in [-0.15, -0.1) is 23.1 Å². The first-order valence-electron chi connectivity index (χ1n) is 7.53. The summed E-state index contributed by atoms with van der Waals surface area (Å²) >= 11 is 2.18. The Morgan fingerprint density at radius 3 is 2.73 bits per heavy atom. The van der Waals surface area contributed by atoms with Gasteiger partial charge in [0.05, 0.1) is 10.3 Å². The molecule has 0 radical (unpaired) electrons. The molecule has 0 aliphatic carbocycles. The van der Waals surface area contributed by atoms with Crippen LogP contribution in [0.25, 0.3) is 10.9 Å². The number of benzene rings is 1. The third-order valence-electron chi connectivity index (χ3n) is 3.56. The number of hydrogen-bond donors (Lipinski definition) is 1. The van der Waals surface area contributed by atoms with Crippen LogP contribution in [-0.2, 0) is 14.8 Å². The average Bonchev–Trinajstić information content (AvgIpc) is 3.10. The number of hydrogen-bond acceptors (Lipinski definition) is 6. The first kappa shape index (κ1) is 18.8. The lowest BCUT2D eigenvalue weighted by atomic mass is 10.2. The summed E-state index contributed by atoms with van der Waals surface area (Å²) < 4.78 is 39.2. The van der Waals surface area contributed by atoms with Crippen molar-refractivity contribution in [1.29, 1.82) is 0 Å². The molecule has 0 aliphatic heterocycles. The van der Waals surface area contributed by atoms with Gasteiger partial charge in [0.2, 0.25) is 5.91 Å². The molecule has 2 aromatic heterocycles. The lowest BCUT2D eigenvalue weighted by Gasteiger charge is -2.23. The van der Waals surface area contributed by atoms with Gasteiger partial charge in [-0.3, -0.25) is 9.78 Å². The summed E-state index contributed by atoms with van der Waals surface area (Å²) in [5, 5.41) is 2.19. The number of rotatable bonds is 5. The maximum absolute atomic E-state index is 13.6. The normalized spacial score (nSPS) is 12.3. The van der Waals surface area contributed by atoms with E-state index in [2.05, 4.69) is 9.71 Å². The maximum atomic E-state index is 13.6. The van der Waals surface area contributed by atoms with E-state index < -0.39 is 26.5 Å². The number of halogens is 1. The fourth-order valence-corrected chi connectivity index (χ4v) is 5.48. The molecule has 0 saturated heterocycles. The number of thiophene rings is 1. The van der Waals surface area contributed by atoms with Crippen molar-refractivity contribution in [3.05, 3.63) is 53.8 Å². The molecule has 3 rings (SSSR count). The van der Waals surface area contributed by atoms with Crippen molar-refractivity contribution in [1.82, 2.24) is 9.71 Å². The topological polar surface area (TPSA) is 76.1 Å². The molecular weight excluding hydrogens is 395 g/mol. The van der Waals surface area contributed by atoms with Crippen LogP contribution >= 0.6 is 23.1 Å². The zero-order valence-corrected chi connectivity index (χ0v) is 16.3. The Hall–Kier alpha value is -1.97. The van der Waals surface area contributed by atoms with Gasteiger partial charge in [0, 0.05) is 16.5 Å². The minimum atomic E-state index is -3.91. The number of nitrogens with one attached hydrogen (secondary N) is 1. The standard InChI is InChI=1S/C17H15FN2O3S3/c1-17(2,16(21)20-26(22,23)15-4-3-9-24-15)25-14-7-8-19-13-6-5-11(18)10-12(13)14/h3-10H,1-2H3,(H,20,21). The second kappa shape index (κ2) is 6.98. The molecule has 0 unspecified atom stereocenters. The summed E-state index contributed by atoms with van der Waals surface area (Å²) in [5.74, 6) is -1.06. The molecule has 1 aromatic carbocycles. The number of nitrogens with zero attached hydrogens (tertiary/aromatic N) is 1. The van der Waals surface area contributed by atoms with E-state index in [9.17, 15) is 17.6 Å². The van der Waals surface area contributed by atoms with Gasteiger partial charge >= 0.3 is 0 Å². The third kappa shape index (κ3) is 3.89. The number of thioether (sulfide) groups is 1. The number of fused-ring (bicyclic) bond motifs is 1. The molecule has 3 aromatic rings. The molecule has 0 spiro atoms. The highest BCUT2D eigenvalue weighted by Crippen LogP contribution is 2.37. The van der Waals surface area contributed by atoms with E-state index in [0.29, 0.717) is 15.8 Å². The van der Waals surface area contributed by atoms with E-state index >= 15 is 0 Å². The number of carbonyl (C=O) groups is 1. The summed E-state index contributed by atoms with van der Waals surface area (Å²) in [5.41, 5.74) is 0.596. The predicted molar refractivity (Wildman–Crippen MR) is 101 cm³/mol. The number of carbonyl (C=O) groups excluding carboxylic acids is 1. The van der Waals surface area contributed by atoms with E-state index in [0.717, 1.165) is 23.1 Å². The highest BCUT2D eigenvalue weighted by atomic mass is 32.2. The van der Waals surface area contributed by atoms with Crippen LogP contribution in [0.3, 0.4) is 0 Å². The molecule has 9 heteroatoms. The monoisotopic (exact) mass is 410 g/mol. The lowest BCUT2D eigenvalue weighted by molar-refractivity contribution is -0.120. The van der Waals surface area contributed by atoms with Crippen LogP contribution in [0.2, 0.25) is 0 Å². The molecule has 2 heterocycles. The summed E-state index contributed by atoms with van der Waals surface area (Å²) in [4.78, 5) is 17.4. The third-order valence-corrected chi connectivity index (χ3v) is 7.56. The van der Waals surface area contributed by atoms with Crippen LogP contribution in [-0.4, -0.2) is 24.1 Å². The van der Waals surface area contributed by atoms with E-state index in [4.69, 9.17) is 0 Å². The summed E-state index contributed by atoms with van der Waals surface area (Å²) in [6, 6.07) is 8.93. The molecule has 0 aliphatic rings. The van der Waals surface area contributed by atoms with E-state index in [1.807, 2.05) is 0 Å². The maximum Gasteiger partial charge on any atom is 0.273 e. The number of pyridine rings is 1. The van der Waals surface area contributed by atoms with Crippen LogP contribution < -0.4 is 4.72 Å². The van der Waals surface area contributed by atoms with Crippen molar-refractivity contribution in [3.63, 3.8) is 0 Å². The zero-order chi connectivity index (χ0) is 18.9. The molecule has 1 amide bonds. The van der Waals surface area contributed by atoms with Gasteiger partial charge in [-0.2, -0.15) is 0 Å².